The Balaban J connectivity index is 2.25. The molecule has 1 aliphatic carbocycles. The van der Waals surface area contributed by atoms with Crippen molar-refractivity contribution in [2.75, 3.05) is 11.9 Å². The van der Waals surface area contributed by atoms with Gasteiger partial charge in [-0.2, -0.15) is 0 Å². The Hall–Kier alpha value is -1.02. The lowest BCUT2D eigenvalue weighted by Crippen LogP contribution is -2.37. The van der Waals surface area contributed by atoms with Crippen LogP contribution in [0.2, 0.25) is 0 Å². The summed E-state index contributed by atoms with van der Waals surface area (Å²) in [5.74, 6) is 0. The Morgan fingerprint density at radius 2 is 2.00 bits per heavy atom. The normalized spacial score (nSPS) is 18.3. The number of anilines is 1. The molecule has 0 aromatic heterocycles. The van der Waals surface area contributed by atoms with Gasteiger partial charge in [0, 0.05) is 24.3 Å². The molecule has 1 fully saturated rings. The van der Waals surface area contributed by atoms with Crippen LogP contribution in [0.25, 0.3) is 0 Å². The SMILES string of the molecule is C[C@@H](O)c1ccccc1N(C)C1CCC1. The van der Waals surface area contributed by atoms with Crippen LogP contribution in [0.1, 0.15) is 37.9 Å². The zero-order valence-electron chi connectivity index (χ0n) is 9.48. The largest absolute Gasteiger partial charge is 0.389 e. The molecule has 1 atom stereocenters. The molecule has 0 spiro atoms. The predicted octanol–water partition coefficient (Wildman–Crippen LogP) is 2.73. The van der Waals surface area contributed by atoms with E-state index in [0.29, 0.717) is 6.04 Å². The van der Waals surface area contributed by atoms with Crippen molar-refractivity contribution in [1.29, 1.82) is 0 Å². The molecule has 82 valence electrons. The minimum atomic E-state index is -0.385. The molecule has 1 N–H and O–H groups in total. The fourth-order valence-electron chi connectivity index (χ4n) is 2.13. The molecule has 0 heterocycles. The van der Waals surface area contributed by atoms with Crippen molar-refractivity contribution in [3.63, 3.8) is 0 Å². The smallest absolute Gasteiger partial charge is 0.0781 e. The lowest BCUT2D eigenvalue weighted by Gasteiger charge is -2.37. The topological polar surface area (TPSA) is 23.5 Å². The lowest BCUT2D eigenvalue weighted by atomic mass is 9.91. The predicted molar refractivity (Wildman–Crippen MR) is 63.1 cm³/mol. The van der Waals surface area contributed by atoms with E-state index in [2.05, 4.69) is 18.0 Å². The van der Waals surface area contributed by atoms with Crippen LogP contribution in [-0.2, 0) is 0 Å². The highest BCUT2D eigenvalue weighted by atomic mass is 16.3. The van der Waals surface area contributed by atoms with E-state index in [1.807, 2.05) is 25.1 Å². The van der Waals surface area contributed by atoms with Crippen LogP contribution < -0.4 is 4.90 Å². The monoisotopic (exact) mass is 205 g/mol. The van der Waals surface area contributed by atoms with Crippen LogP contribution in [0.15, 0.2) is 24.3 Å². The zero-order chi connectivity index (χ0) is 10.8. The second kappa shape index (κ2) is 4.23. The first-order chi connectivity index (χ1) is 7.20. The molecule has 1 aliphatic rings. The van der Waals surface area contributed by atoms with Crippen molar-refractivity contribution in [2.24, 2.45) is 0 Å². The quantitative estimate of drug-likeness (QED) is 0.820. The van der Waals surface area contributed by atoms with Gasteiger partial charge in [-0.25, -0.2) is 0 Å². The summed E-state index contributed by atoms with van der Waals surface area (Å²) >= 11 is 0. The Bertz CT molecular complexity index is 331. The maximum atomic E-state index is 9.70. The maximum Gasteiger partial charge on any atom is 0.0781 e. The number of hydrogen-bond acceptors (Lipinski definition) is 2. The van der Waals surface area contributed by atoms with Gasteiger partial charge in [-0.3, -0.25) is 0 Å². The first-order valence-electron chi connectivity index (χ1n) is 5.70. The number of hydrogen-bond donors (Lipinski definition) is 1. The molecule has 0 radical (unpaired) electrons. The summed E-state index contributed by atoms with van der Waals surface area (Å²) in [4.78, 5) is 2.31. The van der Waals surface area contributed by atoms with Gasteiger partial charge in [-0.05, 0) is 32.3 Å². The molecule has 0 amide bonds. The highest BCUT2D eigenvalue weighted by Crippen LogP contribution is 2.32. The van der Waals surface area contributed by atoms with Crippen LogP contribution in [0, 0.1) is 0 Å². The fraction of sp³-hybridized carbons (Fsp3) is 0.538. The number of rotatable bonds is 3. The molecule has 0 bridgehead atoms. The second-order valence-electron chi connectivity index (χ2n) is 4.43. The van der Waals surface area contributed by atoms with E-state index < -0.39 is 0 Å². The van der Waals surface area contributed by atoms with Gasteiger partial charge in [0.1, 0.15) is 0 Å². The van der Waals surface area contributed by atoms with E-state index in [-0.39, 0.29) is 6.10 Å². The number of aliphatic hydroxyl groups excluding tert-OH is 1. The van der Waals surface area contributed by atoms with Crippen LogP contribution >= 0.6 is 0 Å². The molecular weight excluding hydrogens is 186 g/mol. The molecule has 2 rings (SSSR count). The third kappa shape index (κ3) is 2.00. The third-order valence-electron chi connectivity index (χ3n) is 3.39. The molecular formula is C13H19NO. The number of aliphatic hydroxyl groups is 1. The molecule has 1 aromatic carbocycles. The molecule has 1 saturated carbocycles. The lowest BCUT2D eigenvalue weighted by molar-refractivity contribution is 0.199. The summed E-state index contributed by atoms with van der Waals surface area (Å²) < 4.78 is 0. The fourth-order valence-corrected chi connectivity index (χ4v) is 2.13. The number of nitrogens with zero attached hydrogens (tertiary/aromatic N) is 1. The van der Waals surface area contributed by atoms with Crippen molar-refractivity contribution in [1.82, 2.24) is 0 Å². The minimum Gasteiger partial charge on any atom is -0.389 e. The number of benzene rings is 1. The summed E-state index contributed by atoms with van der Waals surface area (Å²) in [5, 5.41) is 9.70. The summed E-state index contributed by atoms with van der Waals surface area (Å²) in [6, 6.07) is 8.80. The Morgan fingerprint density at radius 1 is 1.33 bits per heavy atom. The van der Waals surface area contributed by atoms with Gasteiger partial charge in [0.2, 0.25) is 0 Å². The molecule has 0 saturated heterocycles. The van der Waals surface area contributed by atoms with E-state index in [0.717, 1.165) is 5.56 Å². The maximum absolute atomic E-state index is 9.70. The van der Waals surface area contributed by atoms with Crippen molar-refractivity contribution >= 4 is 5.69 Å². The van der Waals surface area contributed by atoms with Crippen LogP contribution in [0.4, 0.5) is 5.69 Å². The molecule has 2 nitrogen and oxygen atoms in total. The van der Waals surface area contributed by atoms with Gasteiger partial charge in [-0.15, -0.1) is 0 Å². The van der Waals surface area contributed by atoms with Gasteiger partial charge in [0.05, 0.1) is 6.10 Å². The van der Waals surface area contributed by atoms with Gasteiger partial charge in [-0.1, -0.05) is 18.2 Å². The molecule has 0 aliphatic heterocycles. The van der Waals surface area contributed by atoms with Crippen molar-refractivity contribution in [3.8, 4) is 0 Å². The van der Waals surface area contributed by atoms with Crippen LogP contribution in [0.5, 0.6) is 0 Å². The average Bonchev–Trinajstić information content (AvgIpc) is 2.15. The highest BCUT2D eigenvalue weighted by molar-refractivity contribution is 5.55. The summed E-state index contributed by atoms with van der Waals surface area (Å²) in [5.41, 5.74) is 2.21. The summed E-state index contributed by atoms with van der Waals surface area (Å²) in [6.07, 6.45) is 3.52. The molecule has 0 unspecified atom stereocenters. The summed E-state index contributed by atoms with van der Waals surface area (Å²) in [7, 11) is 2.13. The van der Waals surface area contributed by atoms with Crippen molar-refractivity contribution < 1.29 is 5.11 Å². The van der Waals surface area contributed by atoms with Gasteiger partial charge in [0.25, 0.3) is 0 Å². The van der Waals surface area contributed by atoms with E-state index in [1.54, 1.807) is 0 Å². The van der Waals surface area contributed by atoms with Crippen LogP contribution in [0.3, 0.4) is 0 Å². The first kappa shape index (κ1) is 10.5. The molecule has 2 heteroatoms. The van der Waals surface area contributed by atoms with E-state index in [1.165, 1.54) is 24.9 Å². The summed E-state index contributed by atoms with van der Waals surface area (Å²) in [6.45, 7) is 1.83. The van der Waals surface area contributed by atoms with Crippen molar-refractivity contribution in [2.45, 2.75) is 38.3 Å². The highest BCUT2D eigenvalue weighted by Gasteiger charge is 2.24. The Morgan fingerprint density at radius 3 is 2.53 bits per heavy atom. The third-order valence-corrected chi connectivity index (χ3v) is 3.39. The average molecular weight is 205 g/mol. The standard InChI is InChI=1S/C13H19NO/c1-10(15)12-8-3-4-9-13(12)14(2)11-6-5-7-11/h3-4,8-11,15H,5-7H2,1-2H3/t10-/m1/s1. The van der Waals surface area contributed by atoms with Gasteiger partial charge < -0.3 is 10.0 Å². The second-order valence-corrected chi connectivity index (χ2v) is 4.43. The van der Waals surface area contributed by atoms with E-state index >= 15 is 0 Å². The van der Waals surface area contributed by atoms with Crippen LogP contribution in [-0.4, -0.2) is 18.2 Å². The molecule has 15 heavy (non-hydrogen) atoms. The van der Waals surface area contributed by atoms with Gasteiger partial charge >= 0.3 is 0 Å². The zero-order valence-corrected chi connectivity index (χ0v) is 9.48. The van der Waals surface area contributed by atoms with E-state index in [4.69, 9.17) is 0 Å². The number of para-hydroxylation sites is 1. The first-order valence-corrected chi connectivity index (χ1v) is 5.70. The van der Waals surface area contributed by atoms with Crippen molar-refractivity contribution in [3.05, 3.63) is 29.8 Å². The van der Waals surface area contributed by atoms with E-state index in [9.17, 15) is 5.11 Å². The Labute approximate surface area is 91.5 Å². The molecule has 1 aromatic rings. The Kier molecular flexibility index (Phi) is 2.96. The van der Waals surface area contributed by atoms with Gasteiger partial charge in [0.15, 0.2) is 0 Å². The minimum absolute atomic E-state index is 0.385.